The van der Waals surface area contributed by atoms with E-state index in [2.05, 4.69) is 22.6 Å². The van der Waals surface area contributed by atoms with Crippen LogP contribution >= 0.6 is 24.0 Å². The normalized spacial score (nSPS) is 10.7. The van der Waals surface area contributed by atoms with Crippen molar-refractivity contribution in [3.8, 4) is 10.6 Å². The summed E-state index contributed by atoms with van der Waals surface area (Å²) in [4.78, 5) is 21.8. The molecule has 112 valence electrons. The number of carbonyl (C=O) groups is 1. The van der Waals surface area contributed by atoms with Gasteiger partial charge in [0.2, 0.25) is 11.9 Å². The molecule has 0 saturated heterocycles. The first-order valence-corrected chi connectivity index (χ1v) is 8.00. The smallest absolute Gasteiger partial charge is 0.228 e. The number of nitrogens with zero attached hydrogens (tertiary/aromatic N) is 3. The lowest BCUT2D eigenvalue weighted by Gasteiger charge is -2.15. The molecule has 0 aromatic carbocycles. The second-order valence-corrected chi connectivity index (χ2v) is 5.85. The van der Waals surface area contributed by atoms with Gasteiger partial charge in [-0.15, -0.1) is 0 Å². The van der Waals surface area contributed by atoms with Gasteiger partial charge in [0.25, 0.3) is 0 Å². The third-order valence-electron chi connectivity index (χ3n) is 2.99. The second-order valence-electron chi connectivity index (χ2n) is 4.42. The van der Waals surface area contributed by atoms with Gasteiger partial charge < -0.3 is 4.90 Å². The number of anilines is 1. The molecule has 0 aliphatic rings. The average molecular weight is 325 g/mol. The van der Waals surface area contributed by atoms with Gasteiger partial charge in [-0.25, -0.2) is 9.97 Å². The zero-order valence-corrected chi connectivity index (χ0v) is 13.5. The van der Waals surface area contributed by atoms with Gasteiger partial charge in [0.15, 0.2) is 0 Å². The monoisotopic (exact) mass is 325 g/mol. The average Bonchev–Trinajstić information content (AvgIpc) is 2.91. The first-order valence-electron chi connectivity index (χ1n) is 6.55. The Hall–Kier alpha value is -1.47. The summed E-state index contributed by atoms with van der Waals surface area (Å²) < 4.78 is 12.9. The van der Waals surface area contributed by atoms with Crippen molar-refractivity contribution in [2.45, 2.75) is 19.8 Å². The van der Waals surface area contributed by atoms with Crippen molar-refractivity contribution in [2.75, 3.05) is 17.7 Å². The number of pyridine rings is 1. The predicted octanol–water partition coefficient (Wildman–Crippen LogP) is 3.19. The number of amides is 1. The van der Waals surface area contributed by atoms with Crippen molar-refractivity contribution < 1.29 is 9.18 Å². The van der Waals surface area contributed by atoms with Gasteiger partial charge in [-0.1, -0.05) is 18.3 Å². The molecule has 2 rings (SSSR count). The number of thiazole rings is 1. The lowest BCUT2D eigenvalue weighted by molar-refractivity contribution is -0.117. The van der Waals surface area contributed by atoms with Crippen LogP contribution in [0.1, 0.15) is 19.0 Å². The van der Waals surface area contributed by atoms with Crippen molar-refractivity contribution in [2.24, 2.45) is 0 Å². The third kappa shape index (κ3) is 3.59. The van der Waals surface area contributed by atoms with Crippen LogP contribution in [-0.4, -0.2) is 28.7 Å². The van der Waals surface area contributed by atoms with E-state index in [1.165, 1.54) is 23.6 Å². The quantitative estimate of drug-likeness (QED) is 0.678. The van der Waals surface area contributed by atoms with E-state index in [1.54, 1.807) is 18.0 Å². The zero-order chi connectivity index (χ0) is 15.4. The van der Waals surface area contributed by atoms with Gasteiger partial charge in [-0.05, 0) is 24.3 Å². The van der Waals surface area contributed by atoms with Crippen LogP contribution in [0.25, 0.3) is 10.6 Å². The van der Waals surface area contributed by atoms with Crippen LogP contribution in [0.3, 0.4) is 0 Å². The molecule has 2 aromatic heterocycles. The highest BCUT2D eigenvalue weighted by molar-refractivity contribution is 7.80. The van der Waals surface area contributed by atoms with E-state index in [4.69, 9.17) is 0 Å². The number of rotatable bonds is 5. The molecule has 2 heterocycles. The summed E-state index contributed by atoms with van der Waals surface area (Å²) in [5, 5.41) is 1.56. The summed E-state index contributed by atoms with van der Waals surface area (Å²) in [6, 6.07) is 2.94. The van der Waals surface area contributed by atoms with Crippen LogP contribution in [0.15, 0.2) is 18.3 Å². The maximum absolute atomic E-state index is 12.9. The molecule has 1 amide bonds. The highest BCUT2D eigenvalue weighted by Crippen LogP contribution is 2.34. The lowest BCUT2D eigenvalue weighted by Crippen LogP contribution is -2.26. The third-order valence-corrected chi connectivity index (χ3v) is 4.44. The van der Waals surface area contributed by atoms with Crippen molar-refractivity contribution in [1.29, 1.82) is 0 Å². The lowest BCUT2D eigenvalue weighted by atomic mass is 10.3. The molecule has 0 unspecified atom stereocenters. The molecular formula is C14H16FN3OS2. The summed E-state index contributed by atoms with van der Waals surface area (Å²) in [5.41, 5.74) is 1.60. The molecule has 0 atom stereocenters. The molecule has 0 N–H and O–H groups in total. The number of halogens is 1. The number of aromatic nitrogens is 2. The van der Waals surface area contributed by atoms with E-state index < -0.39 is 5.95 Å². The SMILES string of the molecule is CCc1nc(-c2ccc(F)nc2)sc1N(C)C(=O)CCS. The van der Waals surface area contributed by atoms with Crippen LogP contribution in [-0.2, 0) is 11.2 Å². The maximum atomic E-state index is 12.9. The molecule has 0 aliphatic carbocycles. The Balaban J connectivity index is 2.35. The fourth-order valence-corrected chi connectivity index (χ4v) is 3.15. The minimum Gasteiger partial charge on any atom is -0.305 e. The van der Waals surface area contributed by atoms with E-state index in [0.717, 1.165) is 27.7 Å². The summed E-state index contributed by atoms with van der Waals surface area (Å²) in [6.45, 7) is 1.99. The Bertz CT molecular complexity index is 628. The van der Waals surface area contributed by atoms with Crippen LogP contribution in [0, 0.1) is 5.95 Å². The number of aryl methyl sites for hydroxylation is 1. The Labute approximate surface area is 132 Å². The summed E-state index contributed by atoms with van der Waals surface area (Å²) in [7, 11) is 1.74. The highest BCUT2D eigenvalue weighted by Gasteiger charge is 2.19. The molecule has 4 nitrogen and oxygen atoms in total. The number of carbonyl (C=O) groups excluding carboxylic acids is 1. The zero-order valence-electron chi connectivity index (χ0n) is 11.8. The standard InChI is InChI=1S/C14H16FN3OS2/c1-3-10-14(18(2)12(19)6-7-20)21-13(17-10)9-4-5-11(15)16-8-9/h4-5,8,20H,3,6-7H2,1-2H3. The largest absolute Gasteiger partial charge is 0.305 e. The molecule has 7 heteroatoms. The fraction of sp³-hybridized carbons (Fsp3) is 0.357. The van der Waals surface area contributed by atoms with E-state index in [0.29, 0.717) is 12.2 Å². The first kappa shape index (κ1) is 15.9. The number of thiol groups is 1. The van der Waals surface area contributed by atoms with Crippen molar-refractivity contribution in [1.82, 2.24) is 9.97 Å². The van der Waals surface area contributed by atoms with Gasteiger partial charge in [0.1, 0.15) is 10.0 Å². The molecule has 2 aromatic rings. The van der Waals surface area contributed by atoms with Gasteiger partial charge >= 0.3 is 0 Å². The summed E-state index contributed by atoms with van der Waals surface area (Å²) >= 11 is 5.50. The van der Waals surface area contributed by atoms with Gasteiger partial charge in [0.05, 0.1) is 5.69 Å². The van der Waals surface area contributed by atoms with E-state index in [1.807, 2.05) is 6.92 Å². The first-order chi connectivity index (χ1) is 10.1. The topological polar surface area (TPSA) is 46.1 Å². The molecule has 0 aliphatic heterocycles. The Morgan fingerprint density at radius 3 is 2.81 bits per heavy atom. The van der Waals surface area contributed by atoms with Crippen molar-refractivity contribution in [3.05, 3.63) is 30.0 Å². The fourth-order valence-electron chi connectivity index (χ4n) is 1.84. The van der Waals surface area contributed by atoms with E-state index >= 15 is 0 Å². The second kappa shape index (κ2) is 7.00. The Kier molecular flexibility index (Phi) is 5.30. The molecule has 0 bridgehead atoms. The van der Waals surface area contributed by atoms with Crippen LogP contribution < -0.4 is 4.90 Å². The predicted molar refractivity (Wildman–Crippen MR) is 86.6 cm³/mol. The van der Waals surface area contributed by atoms with E-state index in [9.17, 15) is 9.18 Å². The minimum absolute atomic E-state index is 0.00660. The van der Waals surface area contributed by atoms with Crippen LogP contribution in [0.4, 0.5) is 9.39 Å². The molecule has 0 fully saturated rings. The number of hydrogen-bond acceptors (Lipinski definition) is 5. The Morgan fingerprint density at radius 2 is 2.24 bits per heavy atom. The van der Waals surface area contributed by atoms with Crippen molar-refractivity contribution >= 4 is 34.9 Å². The van der Waals surface area contributed by atoms with Crippen molar-refractivity contribution in [3.63, 3.8) is 0 Å². The molecule has 0 radical (unpaired) electrons. The molecule has 21 heavy (non-hydrogen) atoms. The Morgan fingerprint density at radius 1 is 1.48 bits per heavy atom. The molecular weight excluding hydrogens is 309 g/mol. The minimum atomic E-state index is -0.521. The van der Waals surface area contributed by atoms with E-state index in [-0.39, 0.29) is 5.91 Å². The van der Waals surface area contributed by atoms with Crippen LogP contribution in [0.5, 0.6) is 0 Å². The van der Waals surface area contributed by atoms with Gasteiger partial charge in [-0.2, -0.15) is 17.0 Å². The van der Waals surface area contributed by atoms with Gasteiger partial charge in [0, 0.05) is 25.2 Å². The van der Waals surface area contributed by atoms with Gasteiger partial charge in [-0.3, -0.25) is 4.79 Å². The maximum Gasteiger partial charge on any atom is 0.228 e. The summed E-state index contributed by atoms with van der Waals surface area (Å²) in [6.07, 6.45) is 2.56. The highest BCUT2D eigenvalue weighted by atomic mass is 32.1. The number of hydrogen-bond donors (Lipinski definition) is 1. The van der Waals surface area contributed by atoms with Crippen LogP contribution in [0.2, 0.25) is 0 Å². The molecule has 0 spiro atoms. The molecule has 0 saturated carbocycles. The summed E-state index contributed by atoms with van der Waals surface area (Å²) in [5.74, 6) is -0.00232.